The van der Waals surface area contributed by atoms with Gasteiger partial charge < -0.3 is 0 Å². The number of rotatable bonds is 4. The highest BCUT2D eigenvalue weighted by atomic mass is 32.2. The van der Waals surface area contributed by atoms with Gasteiger partial charge in [-0.25, -0.2) is 13.9 Å². The summed E-state index contributed by atoms with van der Waals surface area (Å²) in [7, 11) is -3.92. The molecule has 3 aromatic rings. The zero-order chi connectivity index (χ0) is 19.7. The molecule has 1 aromatic heterocycles. The molecule has 0 fully saturated rings. The number of hydroxylamine groups is 1. The van der Waals surface area contributed by atoms with E-state index < -0.39 is 22.0 Å². The Morgan fingerprint density at radius 3 is 2.39 bits per heavy atom. The molecular weight excluding hydrogens is 396 g/mol. The number of carbonyl (C=O) groups excluding carboxylic acids is 1. The Morgan fingerprint density at radius 2 is 1.71 bits per heavy atom. The van der Waals surface area contributed by atoms with Crippen LogP contribution in [-0.2, 0) is 27.8 Å². The summed E-state index contributed by atoms with van der Waals surface area (Å²) < 4.78 is 27.7. The molecule has 28 heavy (non-hydrogen) atoms. The van der Waals surface area contributed by atoms with Crippen molar-refractivity contribution in [1.29, 1.82) is 0 Å². The minimum absolute atomic E-state index is 0.0969. The maximum atomic E-state index is 13.3. The Bertz CT molecular complexity index is 1090. The Balaban J connectivity index is 1.69. The first-order chi connectivity index (χ1) is 13.5. The highest BCUT2D eigenvalue weighted by molar-refractivity contribution is 7.89. The average Bonchev–Trinajstić information content (AvgIpc) is 3.20. The molecule has 0 spiro atoms. The van der Waals surface area contributed by atoms with Crippen LogP contribution in [0.1, 0.15) is 10.4 Å². The summed E-state index contributed by atoms with van der Waals surface area (Å²) in [6.45, 7) is 0.0969. The van der Waals surface area contributed by atoms with E-state index in [1.807, 2.05) is 41.8 Å². The largest absolute Gasteiger partial charge is 0.289 e. The molecular formula is C20H18N2O4S2. The van der Waals surface area contributed by atoms with Crippen molar-refractivity contribution in [2.45, 2.75) is 23.9 Å². The van der Waals surface area contributed by atoms with Crippen molar-refractivity contribution in [1.82, 2.24) is 9.79 Å². The van der Waals surface area contributed by atoms with Gasteiger partial charge in [0, 0.05) is 17.8 Å². The van der Waals surface area contributed by atoms with Gasteiger partial charge >= 0.3 is 0 Å². The number of hydrogen-bond donors (Lipinski definition) is 2. The maximum Gasteiger partial charge on any atom is 0.262 e. The van der Waals surface area contributed by atoms with Crippen molar-refractivity contribution in [3.8, 4) is 11.1 Å². The van der Waals surface area contributed by atoms with Crippen molar-refractivity contribution in [3.63, 3.8) is 0 Å². The number of benzene rings is 2. The summed E-state index contributed by atoms with van der Waals surface area (Å²) in [6, 6.07) is 17.2. The van der Waals surface area contributed by atoms with Crippen LogP contribution in [-0.4, -0.2) is 29.9 Å². The number of carbonyl (C=O) groups is 1. The van der Waals surface area contributed by atoms with Gasteiger partial charge in [0.05, 0.1) is 4.90 Å². The van der Waals surface area contributed by atoms with Gasteiger partial charge in [-0.2, -0.15) is 4.31 Å². The lowest BCUT2D eigenvalue weighted by Gasteiger charge is -2.33. The van der Waals surface area contributed by atoms with E-state index in [-0.39, 0.29) is 17.9 Å². The summed E-state index contributed by atoms with van der Waals surface area (Å²) >= 11 is 1.48. The molecule has 2 N–H and O–H groups in total. The molecule has 1 atom stereocenters. The first kappa shape index (κ1) is 18.8. The predicted molar refractivity (Wildman–Crippen MR) is 106 cm³/mol. The number of hydrogen-bond acceptors (Lipinski definition) is 5. The smallest absolute Gasteiger partial charge is 0.262 e. The fourth-order valence-electron chi connectivity index (χ4n) is 3.38. The van der Waals surface area contributed by atoms with Crippen molar-refractivity contribution in [2.75, 3.05) is 0 Å². The summed E-state index contributed by atoms with van der Waals surface area (Å²) in [4.78, 5) is 13.2. The first-order valence-electron chi connectivity index (χ1n) is 8.67. The topological polar surface area (TPSA) is 86.7 Å². The second-order valence-corrected chi connectivity index (χ2v) is 9.40. The molecule has 0 bridgehead atoms. The van der Waals surface area contributed by atoms with Crippen LogP contribution in [0.4, 0.5) is 0 Å². The third kappa shape index (κ3) is 3.35. The van der Waals surface area contributed by atoms with Gasteiger partial charge in [-0.1, -0.05) is 42.5 Å². The van der Waals surface area contributed by atoms with Crippen molar-refractivity contribution < 1.29 is 18.4 Å². The lowest BCUT2D eigenvalue weighted by atomic mass is 10.0. The van der Waals surface area contributed by atoms with Crippen LogP contribution in [0.3, 0.4) is 0 Å². The van der Waals surface area contributed by atoms with E-state index >= 15 is 0 Å². The minimum Gasteiger partial charge on any atom is -0.289 e. The lowest BCUT2D eigenvalue weighted by Crippen LogP contribution is -2.51. The molecule has 144 valence electrons. The molecule has 0 saturated heterocycles. The normalized spacial score (nSPS) is 17.1. The Labute approximate surface area is 167 Å². The van der Waals surface area contributed by atoms with Crippen molar-refractivity contribution >= 4 is 27.3 Å². The first-order valence-corrected chi connectivity index (χ1v) is 11.0. The average molecular weight is 415 g/mol. The van der Waals surface area contributed by atoms with Gasteiger partial charge in [-0.3, -0.25) is 10.0 Å². The molecule has 0 saturated carbocycles. The quantitative estimate of drug-likeness (QED) is 0.508. The summed E-state index contributed by atoms with van der Waals surface area (Å²) in [6.07, 6.45) is 0.237. The Hall–Kier alpha value is -2.52. The van der Waals surface area contributed by atoms with Gasteiger partial charge in [-0.05, 0) is 40.3 Å². The molecule has 1 aliphatic rings. The molecule has 1 aliphatic heterocycles. The number of amides is 1. The molecule has 2 aromatic carbocycles. The number of nitrogens with zero attached hydrogens (tertiary/aromatic N) is 1. The van der Waals surface area contributed by atoms with Gasteiger partial charge in [0.1, 0.15) is 6.04 Å². The minimum atomic E-state index is -3.92. The second-order valence-electron chi connectivity index (χ2n) is 6.51. The molecule has 2 heterocycles. The van der Waals surface area contributed by atoms with E-state index in [1.165, 1.54) is 11.3 Å². The van der Waals surface area contributed by atoms with Crippen LogP contribution in [0.25, 0.3) is 11.1 Å². The standard InChI is InChI=1S/C20H18N2O4S2/c23-20(21-24)18-12-19-16(10-11-27-19)13-22(18)28(25,26)17-8-6-15(7-9-17)14-4-2-1-3-5-14/h1-11,18,24H,12-13H2,(H,21,23)/t18-/m1/s1. The summed E-state index contributed by atoms with van der Waals surface area (Å²) in [5.74, 6) is -0.733. The van der Waals surface area contributed by atoms with Gasteiger partial charge in [0.25, 0.3) is 5.91 Å². The van der Waals surface area contributed by atoms with Crippen molar-refractivity contribution in [3.05, 3.63) is 76.5 Å². The highest BCUT2D eigenvalue weighted by Gasteiger charge is 2.40. The third-order valence-electron chi connectivity index (χ3n) is 4.87. The van der Waals surface area contributed by atoms with Crippen LogP contribution >= 0.6 is 11.3 Å². The zero-order valence-corrected chi connectivity index (χ0v) is 16.4. The van der Waals surface area contributed by atoms with Crippen LogP contribution < -0.4 is 5.48 Å². The van der Waals surface area contributed by atoms with Crippen LogP contribution in [0.2, 0.25) is 0 Å². The number of nitrogens with one attached hydrogen (secondary N) is 1. The third-order valence-corrected chi connectivity index (χ3v) is 7.73. The molecule has 0 unspecified atom stereocenters. The molecule has 1 amide bonds. The fraction of sp³-hybridized carbons (Fsp3) is 0.150. The van der Waals surface area contributed by atoms with Gasteiger partial charge in [0.2, 0.25) is 10.0 Å². The van der Waals surface area contributed by atoms with Crippen LogP contribution in [0, 0.1) is 0 Å². The number of sulfonamides is 1. The van der Waals surface area contributed by atoms with E-state index in [1.54, 1.807) is 29.7 Å². The maximum absolute atomic E-state index is 13.3. The highest BCUT2D eigenvalue weighted by Crippen LogP contribution is 2.32. The SMILES string of the molecule is O=C(NO)[C@H]1Cc2sccc2CN1S(=O)(=O)c1ccc(-c2ccccc2)cc1. The second kappa shape index (κ2) is 7.48. The molecule has 0 radical (unpaired) electrons. The molecule has 8 heteroatoms. The predicted octanol–water partition coefficient (Wildman–Crippen LogP) is 3.04. The van der Waals surface area contributed by atoms with Gasteiger partial charge in [-0.15, -0.1) is 11.3 Å². The van der Waals surface area contributed by atoms with Crippen molar-refractivity contribution in [2.24, 2.45) is 0 Å². The van der Waals surface area contributed by atoms with E-state index in [2.05, 4.69) is 0 Å². The van der Waals surface area contributed by atoms with Crippen LogP contribution in [0.15, 0.2) is 70.9 Å². The Morgan fingerprint density at radius 1 is 1.04 bits per heavy atom. The Kier molecular flexibility index (Phi) is 5.03. The fourth-order valence-corrected chi connectivity index (χ4v) is 5.88. The molecule has 4 rings (SSSR count). The summed E-state index contributed by atoms with van der Waals surface area (Å²) in [5.41, 5.74) is 4.38. The lowest BCUT2D eigenvalue weighted by molar-refractivity contribution is -0.133. The van der Waals surface area contributed by atoms with Crippen LogP contribution in [0.5, 0.6) is 0 Å². The van der Waals surface area contributed by atoms with E-state index in [0.29, 0.717) is 0 Å². The monoisotopic (exact) mass is 414 g/mol. The molecule has 6 nitrogen and oxygen atoms in total. The zero-order valence-electron chi connectivity index (χ0n) is 14.8. The van der Waals surface area contributed by atoms with Gasteiger partial charge in [0.15, 0.2) is 0 Å². The van der Waals surface area contributed by atoms with E-state index in [0.717, 1.165) is 25.9 Å². The number of thiophene rings is 1. The van der Waals surface area contributed by atoms with E-state index in [9.17, 15) is 13.2 Å². The summed E-state index contributed by atoms with van der Waals surface area (Å²) in [5, 5.41) is 11.0. The number of fused-ring (bicyclic) bond motifs is 1. The van der Waals surface area contributed by atoms with E-state index in [4.69, 9.17) is 5.21 Å². The molecule has 0 aliphatic carbocycles.